The maximum Gasteiger partial charge on any atom is 0.243 e. The van der Waals surface area contributed by atoms with Gasteiger partial charge >= 0.3 is 0 Å². The molecule has 0 radical (unpaired) electrons. The Labute approximate surface area is 180 Å². The summed E-state index contributed by atoms with van der Waals surface area (Å²) in [4.78, 5) is 15.5. The van der Waals surface area contributed by atoms with Crippen LogP contribution < -0.4 is 5.48 Å². The van der Waals surface area contributed by atoms with Crippen molar-refractivity contribution in [1.29, 1.82) is 0 Å². The number of unbranched alkanes of at least 4 members (excludes halogenated alkanes) is 3. The number of nitrogens with zero attached hydrogens (tertiary/aromatic N) is 1. The number of rotatable bonds is 10. The molecule has 7 nitrogen and oxygen atoms in total. The summed E-state index contributed by atoms with van der Waals surface area (Å²) in [5.74, 6) is -0.482. The van der Waals surface area contributed by atoms with Crippen molar-refractivity contribution >= 4 is 27.5 Å². The predicted molar refractivity (Wildman–Crippen MR) is 115 cm³/mol. The molecule has 30 heavy (non-hydrogen) atoms. The molecule has 0 spiro atoms. The fourth-order valence-electron chi connectivity index (χ4n) is 4.09. The first-order valence-corrected chi connectivity index (χ1v) is 11.3. The monoisotopic (exact) mass is 434 g/mol. The van der Waals surface area contributed by atoms with Crippen LogP contribution in [0.2, 0.25) is 0 Å². The number of amides is 1. The summed E-state index contributed by atoms with van der Waals surface area (Å²) in [6.45, 7) is 0. The summed E-state index contributed by atoms with van der Waals surface area (Å²) < 4.78 is 1.03. The van der Waals surface area contributed by atoms with E-state index in [0.717, 1.165) is 41.5 Å². The molecule has 1 unspecified atom stereocenters. The average Bonchev–Trinajstić information content (AvgIpc) is 3.29. The highest BCUT2D eigenvalue weighted by molar-refractivity contribution is 7.18. The Morgan fingerprint density at radius 3 is 2.77 bits per heavy atom. The largest absolute Gasteiger partial charge is 0.392 e. The SMILES string of the molecule is O=C(CCCCCC[C@@H]1/C(=C\CC(O)c2nc3ccccc3s2)[C@H](O)C[C@@H]1O)NO. The highest BCUT2D eigenvalue weighted by Crippen LogP contribution is 2.37. The van der Waals surface area contributed by atoms with Crippen molar-refractivity contribution in [3.8, 4) is 0 Å². The lowest BCUT2D eigenvalue weighted by Crippen LogP contribution is -2.17. The maximum atomic E-state index is 11.0. The van der Waals surface area contributed by atoms with E-state index < -0.39 is 18.3 Å². The zero-order chi connectivity index (χ0) is 21.5. The zero-order valence-corrected chi connectivity index (χ0v) is 17.7. The van der Waals surface area contributed by atoms with Crippen molar-refractivity contribution in [3.05, 3.63) is 40.9 Å². The minimum atomic E-state index is -0.738. The minimum Gasteiger partial charge on any atom is -0.392 e. The second-order valence-corrected chi connectivity index (χ2v) is 8.95. The number of thiazole rings is 1. The van der Waals surface area contributed by atoms with E-state index in [1.54, 1.807) is 5.48 Å². The topological polar surface area (TPSA) is 123 Å². The fraction of sp³-hybridized carbons (Fsp3) is 0.545. The summed E-state index contributed by atoms with van der Waals surface area (Å²) in [7, 11) is 0. The molecule has 0 bridgehead atoms. The zero-order valence-electron chi connectivity index (χ0n) is 16.9. The van der Waals surface area contributed by atoms with E-state index >= 15 is 0 Å². The summed E-state index contributed by atoms with van der Waals surface area (Å²) in [5.41, 5.74) is 3.31. The third-order valence-electron chi connectivity index (χ3n) is 5.71. The van der Waals surface area contributed by atoms with Crippen LogP contribution in [0.3, 0.4) is 0 Å². The van der Waals surface area contributed by atoms with Gasteiger partial charge in [-0.1, -0.05) is 37.5 Å². The van der Waals surface area contributed by atoms with Gasteiger partial charge in [-0.3, -0.25) is 10.0 Å². The van der Waals surface area contributed by atoms with Crippen LogP contribution >= 0.6 is 11.3 Å². The highest BCUT2D eigenvalue weighted by atomic mass is 32.1. The number of aliphatic hydroxyl groups excluding tert-OH is 3. The number of hydroxylamine groups is 1. The quantitative estimate of drug-likeness (QED) is 0.169. The normalized spacial score (nSPS) is 23.9. The van der Waals surface area contributed by atoms with Crippen molar-refractivity contribution < 1.29 is 25.3 Å². The lowest BCUT2D eigenvalue weighted by Gasteiger charge is -2.17. The molecular formula is C22H30N2O5S. The van der Waals surface area contributed by atoms with Crippen molar-refractivity contribution in [1.82, 2.24) is 10.5 Å². The molecule has 3 rings (SSSR count). The van der Waals surface area contributed by atoms with E-state index in [9.17, 15) is 20.1 Å². The molecular weight excluding hydrogens is 404 g/mol. The van der Waals surface area contributed by atoms with Gasteiger partial charge in [0.2, 0.25) is 5.91 Å². The number of carbonyl (C=O) groups excluding carboxylic acids is 1. The molecule has 1 heterocycles. The maximum absolute atomic E-state index is 11.0. The molecule has 1 aliphatic carbocycles. The molecule has 8 heteroatoms. The third-order valence-corrected chi connectivity index (χ3v) is 6.85. The standard InChI is InChI=1S/C22H30N2O5S/c25-17(22-23-16-8-5-6-9-20(16)30-22)12-11-15-14(18(26)13-19(15)27)7-3-1-2-4-10-21(28)24-29/h5-6,8-9,11,14,17-19,25-27,29H,1-4,7,10,12-13H2,(H,24,28)/b15-11+/t14-,17?,18+,19-/m1/s1. The number of hydrogen-bond donors (Lipinski definition) is 5. The van der Waals surface area contributed by atoms with Gasteiger partial charge in [0.05, 0.1) is 22.4 Å². The lowest BCUT2D eigenvalue weighted by molar-refractivity contribution is -0.129. The molecule has 164 valence electrons. The van der Waals surface area contributed by atoms with E-state index in [-0.39, 0.29) is 11.8 Å². The van der Waals surface area contributed by atoms with E-state index in [1.165, 1.54) is 11.3 Å². The first-order chi connectivity index (χ1) is 14.5. The van der Waals surface area contributed by atoms with Crippen LogP contribution in [0.4, 0.5) is 0 Å². The second kappa shape index (κ2) is 11.0. The van der Waals surface area contributed by atoms with Crippen LogP contribution in [0.5, 0.6) is 0 Å². The molecule has 0 saturated heterocycles. The van der Waals surface area contributed by atoms with Gasteiger partial charge in [-0.15, -0.1) is 11.3 Å². The molecule has 1 fully saturated rings. The fourth-order valence-corrected chi connectivity index (χ4v) is 5.05. The van der Waals surface area contributed by atoms with Crippen LogP contribution in [-0.4, -0.2) is 43.6 Å². The first kappa shape index (κ1) is 22.8. The van der Waals surface area contributed by atoms with Crippen LogP contribution in [-0.2, 0) is 4.79 Å². The van der Waals surface area contributed by atoms with Crippen LogP contribution in [0.15, 0.2) is 35.9 Å². The van der Waals surface area contributed by atoms with Crippen molar-refractivity contribution in [2.45, 2.75) is 69.7 Å². The van der Waals surface area contributed by atoms with Crippen LogP contribution in [0.1, 0.15) is 62.5 Å². The molecule has 1 aliphatic rings. The summed E-state index contributed by atoms with van der Waals surface area (Å²) in [6.07, 6.45) is 4.98. The van der Waals surface area contributed by atoms with Gasteiger partial charge in [0.1, 0.15) is 11.1 Å². The smallest absolute Gasteiger partial charge is 0.243 e. The second-order valence-electron chi connectivity index (χ2n) is 7.89. The van der Waals surface area contributed by atoms with Gasteiger partial charge in [-0.2, -0.15) is 0 Å². The molecule has 5 N–H and O–H groups in total. The van der Waals surface area contributed by atoms with Gasteiger partial charge in [-0.25, -0.2) is 10.5 Å². The molecule has 2 aromatic rings. The molecule has 0 aliphatic heterocycles. The molecule has 4 atom stereocenters. The minimum absolute atomic E-state index is 0.108. The Balaban J connectivity index is 1.53. The van der Waals surface area contributed by atoms with Crippen molar-refractivity contribution in [2.75, 3.05) is 0 Å². The molecule has 1 aromatic heterocycles. The summed E-state index contributed by atoms with van der Waals surface area (Å²) in [6, 6.07) is 7.76. The predicted octanol–water partition coefficient (Wildman–Crippen LogP) is 3.23. The summed E-state index contributed by atoms with van der Waals surface area (Å²) in [5, 5.41) is 40.4. The number of aliphatic hydroxyl groups is 3. The van der Waals surface area contributed by atoms with Gasteiger partial charge in [0, 0.05) is 18.8 Å². The average molecular weight is 435 g/mol. The number of hydrogen-bond acceptors (Lipinski definition) is 7. The Morgan fingerprint density at radius 2 is 2.00 bits per heavy atom. The number of aromatic nitrogens is 1. The lowest BCUT2D eigenvalue weighted by atomic mass is 9.92. The van der Waals surface area contributed by atoms with E-state index in [4.69, 9.17) is 5.21 Å². The third kappa shape index (κ3) is 5.86. The van der Waals surface area contributed by atoms with Crippen LogP contribution in [0, 0.1) is 5.92 Å². The van der Waals surface area contributed by atoms with Gasteiger partial charge in [0.25, 0.3) is 0 Å². The molecule has 1 aromatic carbocycles. The Kier molecular flexibility index (Phi) is 8.35. The van der Waals surface area contributed by atoms with E-state index in [1.807, 2.05) is 30.3 Å². The van der Waals surface area contributed by atoms with E-state index in [2.05, 4.69) is 4.98 Å². The molecule has 1 saturated carbocycles. The van der Waals surface area contributed by atoms with Crippen molar-refractivity contribution in [2.24, 2.45) is 5.92 Å². The van der Waals surface area contributed by atoms with Crippen molar-refractivity contribution in [3.63, 3.8) is 0 Å². The number of carbonyl (C=O) groups is 1. The van der Waals surface area contributed by atoms with Crippen LogP contribution in [0.25, 0.3) is 10.2 Å². The number of nitrogens with one attached hydrogen (secondary N) is 1. The Bertz CT molecular complexity index is 835. The van der Waals surface area contributed by atoms with Gasteiger partial charge in [-0.05, 0) is 37.0 Å². The Hall–Kier alpha value is -1.84. The summed E-state index contributed by atoms with van der Waals surface area (Å²) >= 11 is 1.47. The molecule has 1 amide bonds. The van der Waals surface area contributed by atoms with E-state index in [0.29, 0.717) is 30.7 Å². The highest BCUT2D eigenvalue weighted by Gasteiger charge is 2.36. The first-order valence-electron chi connectivity index (χ1n) is 10.5. The van der Waals surface area contributed by atoms with Gasteiger partial charge in [0.15, 0.2) is 0 Å². The number of benzene rings is 1. The number of para-hydroxylation sites is 1. The van der Waals surface area contributed by atoms with Gasteiger partial charge < -0.3 is 15.3 Å². The Morgan fingerprint density at radius 1 is 1.23 bits per heavy atom. The number of fused-ring (bicyclic) bond motifs is 1.